The average Bonchev–Trinajstić information content (AvgIpc) is 3.73. The minimum absolute atomic E-state index is 0.0779. The summed E-state index contributed by atoms with van der Waals surface area (Å²) >= 11 is 0. The third-order valence-corrected chi connectivity index (χ3v) is 13.3. The topological polar surface area (TPSA) is 347 Å². The fourth-order valence-electron chi connectivity index (χ4n) is 10.2. The van der Waals surface area contributed by atoms with Gasteiger partial charge < -0.3 is 51.5 Å². The number of carboxylic acids is 8. The molecule has 0 radical (unpaired) electrons. The SMILES string of the molecule is C[C@@]1(CC(=O)O)C2=NC(=C1CCC(=O)O)C[C@]1(C)N=C(C=C3N/C(=C4\N/C(=C\2)[C@@H](CCC(=O)O)[C@]4(C)CC(=O)O)[C@H](CC(=O)O)[C@@]3(C)CCC(=O)O)C(CCC(=O)O)=C1CC(=O)O. The van der Waals surface area contributed by atoms with Gasteiger partial charge in [0.25, 0.3) is 0 Å². The van der Waals surface area contributed by atoms with Crippen molar-refractivity contribution in [3.8, 4) is 0 Å². The third-order valence-electron chi connectivity index (χ3n) is 13.3. The number of fused-ring (bicyclic) bond motifs is 6. The van der Waals surface area contributed by atoms with Crippen LogP contribution in [-0.4, -0.2) is 106 Å². The van der Waals surface area contributed by atoms with Crippen molar-refractivity contribution in [1.82, 2.24) is 10.6 Å². The van der Waals surface area contributed by atoms with Crippen LogP contribution in [0, 0.1) is 28.1 Å². The molecular formula is C43H52N4O16. The predicted molar refractivity (Wildman–Crippen MR) is 219 cm³/mol. The maximum atomic E-state index is 12.8. The summed E-state index contributed by atoms with van der Waals surface area (Å²) in [4.78, 5) is 109. The maximum Gasteiger partial charge on any atom is 0.307 e. The molecule has 6 atom stereocenters. The van der Waals surface area contributed by atoms with E-state index in [1.807, 2.05) is 0 Å². The van der Waals surface area contributed by atoms with Gasteiger partial charge in [-0.2, -0.15) is 0 Å². The minimum Gasteiger partial charge on any atom is -0.481 e. The average molecular weight is 881 g/mol. The first-order valence-corrected chi connectivity index (χ1v) is 20.3. The van der Waals surface area contributed by atoms with Crippen molar-refractivity contribution in [2.75, 3.05) is 0 Å². The Hall–Kier alpha value is -6.60. The van der Waals surface area contributed by atoms with Crippen molar-refractivity contribution in [3.63, 3.8) is 0 Å². The summed E-state index contributed by atoms with van der Waals surface area (Å²) in [6.45, 7) is 6.33. The summed E-state index contributed by atoms with van der Waals surface area (Å²) in [5, 5.41) is 87.5. The van der Waals surface area contributed by atoms with Gasteiger partial charge in [0.1, 0.15) is 0 Å². The molecule has 0 aliphatic carbocycles. The smallest absolute Gasteiger partial charge is 0.307 e. The molecule has 2 saturated heterocycles. The van der Waals surface area contributed by atoms with Crippen molar-refractivity contribution in [1.29, 1.82) is 0 Å². The predicted octanol–water partition coefficient (Wildman–Crippen LogP) is 4.40. The fraction of sp³-hybridized carbons (Fsp3) is 0.535. The molecule has 10 N–H and O–H groups in total. The van der Waals surface area contributed by atoms with Crippen molar-refractivity contribution < 1.29 is 79.2 Å². The third kappa shape index (κ3) is 9.58. The number of hydrogen-bond donors (Lipinski definition) is 10. The van der Waals surface area contributed by atoms with Gasteiger partial charge in [0.05, 0.1) is 42.6 Å². The first-order valence-electron chi connectivity index (χ1n) is 20.3. The largest absolute Gasteiger partial charge is 0.481 e. The zero-order valence-corrected chi connectivity index (χ0v) is 35.2. The molecule has 0 amide bonds. The Morgan fingerprint density at radius 2 is 1.25 bits per heavy atom. The molecule has 0 aromatic carbocycles. The Bertz CT molecular complexity index is 2300. The summed E-state index contributed by atoms with van der Waals surface area (Å²) in [6.07, 6.45) is -2.46. The molecule has 0 aromatic rings. The lowest BCUT2D eigenvalue weighted by molar-refractivity contribution is -0.141. The van der Waals surface area contributed by atoms with E-state index in [-0.39, 0.29) is 88.7 Å². The molecule has 0 aromatic heterocycles. The molecule has 340 valence electrons. The van der Waals surface area contributed by atoms with Gasteiger partial charge in [0, 0.05) is 88.7 Å². The van der Waals surface area contributed by atoms with Crippen LogP contribution in [0.1, 0.15) is 111 Å². The van der Waals surface area contributed by atoms with E-state index < -0.39 is 133 Å². The van der Waals surface area contributed by atoms with E-state index in [1.54, 1.807) is 27.7 Å². The van der Waals surface area contributed by atoms with Gasteiger partial charge in [0.2, 0.25) is 0 Å². The number of rotatable bonds is 20. The molecule has 5 heterocycles. The number of carboxylic acid groups (broad SMARTS) is 8. The van der Waals surface area contributed by atoms with Gasteiger partial charge in [0.15, 0.2) is 0 Å². The lowest BCUT2D eigenvalue weighted by atomic mass is 9.67. The molecular weight excluding hydrogens is 828 g/mol. The van der Waals surface area contributed by atoms with Crippen LogP contribution in [-0.2, 0) is 38.4 Å². The van der Waals surface area contributed by atoms with Gasteiger partial charge in [-0.1, -0.05) is 13.8 Å². The molecule has 5 rings (SSSR count). The Morgan fingerprint density at radius 1 is 0.651 bits per heavy atom. The van der Waals surface area contributed by atoms with E-state index in [1.165, 1.54) is 12.2 Å². The van der Waals surface area contributed by atoms with Gasteiger partial charge in [-0.05, 0) is 68.4 Å². The summed E-state index contributed by atoms with van der Waals surface area (Å²) < 4.78 is 0. The normalized spacial score (nSPS) is 30.5. The molecule has 5 aliphatic rings. The number of nitrogens with one attached hydrogen (secondary N) is 2. The standard InChI is InChI=1S/C43H52N4O16/c1-40(12-11-33(54)55)24(14-35(58)59)38-39-42(3,19-37(62)63)21(6-9-31(50)51)26(45-39)16-29-41(2,18-36(60)61)22(7-10-32(52)53)27(44-29)17-43(4)23(13-34(56)57)20(5-8-30(48)49)25(47-43)15-28(40)46-38/h15-16,21,24,45-46H,5-14,17-19H2,1-4H3,(H,48,49)(H,50,51)(H,52,53)(H,54,55)(H,56,57)(H,58,59)(H,60,61)(H,62,63)/b26-16-,28-15?,39-38-/t21-,24+,40-,41+,42+,43+/m1/s1. The Morgan fingerprint density at radius 3 is 1.81 bits per heavy atom. The van der Waals surface area contributed by atoms with Crippen molar-refractivity contribution in [2.24, 2.45) is 38.1 Å². The number of aliphatic imine (C=N–C) groups is 2. The number of allylic oxidation sites excluding steroid dienone is 8. The summed E-state index contributed by atoms with van der Waals surface area (Å²) in [7, 11) is 0. The van der Waals surface area contributed by atoms with Crippen LogP contribution in [0.2, 0.25) is 0 Å². The number of carbonyl (C=O) groups is 8. The minimum atomic E-state index is -1.55. The highest BCUT2D eigenvalue weighted by molar-refractivity contribution is 6.12. The number of hydrogen-bond acceptors (Lipinski definition) is 12. The van der Waals surface area contributed by atoms with Crippen molar-refractivity contribution in [3.05, 3.63) is 57.4 Å². The number of nitrogens with zero attached hydrogens (tertiary/aromatic N) is 2. The van der Waals surface area contributed by atoms with E-state index in [0.29, 0.717) is 0 Å². The van der Waals surface area contributed by atoms with Crippen LogP contribution in [0.25, 0.3) is 0 Å². The van der Waals surface area contributed by atoms with Crippen molar-refractivity contribution >= 4 is 59.2 Å². The van der Waals surface area contributed by atoms with E-state index in [2.05, 4.69) is 10.6 Å². The second-order valence-electron chi connectivity index (χ2n) is 17.7. The summed E-state index contributed by atoms with van der Waals surface area (Å²) in [5.74, 6) is -12.2. The lowest BCUT2D eigenvalue weighted by Gasteiger charge is -2.34. The fourth-order valence-corrected chi connectivity index (χ4v) is 10.2. The maximum absolute atomic E-state index is 12.8. The first kappa shape index (κ1) is 47.4. The van der Waals surface area contributed by atoms with E-state index >= 15 is 0 Å². The highest BCUT2D eigenvalue weighted by Crippen LogP contribution is 2.58. The molecule has 20 heteroatoms. The Kier molecular flexibility index (Phi) is 13.3. The monoisotopic (exact) mass is 880 g/mol. The molecule has 0 spiro atoms. The Balaban J connectivity index is 2.00. The second-order valence-corrected chi connectivity index (χ2v) is 17.7. The molecule has 0 unspecified atom stereocenters. The second kappa shape index (κ2) is 17.6. The molecule has 63 heavy (non-hydrogen) atoms. The van der Waals surface area contributed by atoms with Crippen LogP contribution >= 0.6 is 0 Å². The van der Waals surface area contributed by atoms with Gasteiger partial charge in [-0.25, -0.2) is 0 Å². The molecule has 5 aliphatic heterocycles. The Labute approximate surface area is 360 Å². The molecule has 8 bridgehead atoms. The summed E-state index contributed by atoms with van der Waals surface area (Å²) in [6, 6.07) is 0. The van der Waals surface area contributed by atoms with Crippen LogP contribution in [0.15, 0.2) is 67.3 Å². The zero-order valence-electron chi connectivity index (χ0n) is 35.2. The molecule has 2 fully saturated rings. The molecule has 20 nitrogen and oxygen atoms in total. The highest BCUT2D eigenvalue weighted by Gasteiger charge is 2.56. The highest BCUT2D eigenvalue weighted by atomic mass is 16.4. The van der Waals surface area contributed by atoms with Crippen molar-refractivity contribution in [2.45, 2.75) is 117 Å². The zero-order chi connectivity index (χ0) is 47.0. The summed E-state index contributed by atoms with van der Waals surface area (Å²) in [5.41, 5.74) is -4.28. The van der Waals surface area contributed by atoms with Crippen LogP contribution < -0.4 is 10.6 Å². The van der Waals surface area contributed by atoms with Crippen LogP contribution in [0.5, 0.6) is 0 Å². The lowest BCUT2D eigenvalue weighted by Crippen LogP contribution is -2.33. The van der Waals surface area contributed by atoms with E-state index in [4.69, 9.17) is 9.98 Å². The van der Waals surface area contributed by atoms with Gasteiger partial charge >= 0.3 is 47.8 Å². The van der Waals surface area contributed by atoms with Gasteiger partial charge in [-0.15, -0.1) is 0 Å². The van der Waals surface area contributed by atoms with Crippen LogP contribution in [0.4, 0.5) is 0 Å². The van der Waals surface area contributed by atoms with Gasteiger partial charge in [-0.3, -0.25) is 48.3 Å². The molecule has 0 saturated carbocycles. The van der Waals surface area contributed by atoms with E-state index in [9.17, 15) is 79.2 Å². The van der Waals surface area contributed by atoms with E-state index in [0.717, 1.165) is 0 Å². The first-order chi connectivity index (χ1) is 29.2. The quantitative estimate of drug-likeness (QED) is 0.0809. The number of aliphatic carboxylic acids is 8. The van der Waals surface area contributed by atoms with Crippen LogP contribution in [0.3, 0.4) is 0 Å².